The van der Waals surface area contributed by atoms with Gasteiger partial charge in [-0.1, -0.05) is 23.7 Å². The molecule has 0 spiro atoms. The zero-order valence-corrected chi connectivity index (χ0v) is 10.4. The van der Waals surface area contributed by atoms with Crippen molar-refractivity contribution in [2.24, 2.45) is 10.1 Å². The van der Waals surface area contributed by atoms with Crippen LogP contribution >= 0.6 is 11.6 Å². The van der Waals surface area contributed by atoms with Crippen molar-refractivity contribution in [2.75, 3.05) is 0 Å². The first-order valence-electron chi connectivity index (χ1n) is 4.69. The van der Waals surface area contributed by atoms with Crippen molar-refractivity contribution in [3.63, 3.8) is 0 Å². The highest BCUT2D eigenvalue weighted by atomic mass is 35.5. The Morgan fingerprint density at radius 2 is 2.00 bits per heavy atom. The minimum atomic E-state index is -3.93. The van der Waals surface area contributed by atoms with Crippen molar-refractivity contribution in [3.8, 4) is 5.75 Å². The number of esters is 1. The summed E-state index contributed by atoms with van der Waals surface area (Å²) in [6, 6.07) is 6.28. The molecule has 0 aromatic heterocycles. The van der Waals surface area contributed by atoms with Gasteiger partial charge in [0.15, 0.2) is 10.7 Å². The zero-order valence-electron chi connectivity index (χ0n) is 8.83. The molecule has 0 radical (unpaired) electrons. The molecule has 0 saturated heterocycles. The van der Waals surface area contributed by atoms with Gasteiger partial charge in [-0.25, -0.2) is 4.79 Å². The Labute approximate surface area is 108 Å². The highest BCUT2D eigenvalue weighted by Crippen LogP contribution is 2.24. The first-order chi connectivity index (χ1) is 8.40. The second-order valence-corrected chi connectivity index (χ2v) is 5.33. The second kappa shape index (κ2) is 4.43. The lowest BCUT2D eigenvalue weighted by Gasteiger charge is -2.03. The summed E-state index contributed by atoms with van der Waals surface area (Å²) in [7, 11) is -3.93. The predicted octanol–water partition coefficient (Wildman–Crippen LogP) is 0.830. The Morgan fingerprint density at radius 1 is 1.33 bits per heavy atom. The molecule has 0 unspecified atom stereocenters. The van der Waals surface area contributed by atoms with Crippen molar-refractivity contribution in [1.82, 2.24) is 0 Å². The van der Waals surface area contributed by atoms with E-state index >= 15 is 0 Å². The van der Waals surface area contributed by atoms with Crippen LogP contribution in [-0.2, 0) is 14.8 Å². The summed E-state index contributed by atoms with van der Waals surface area (Å²) in [4.78, 5) is 11.6. The zero-order chi connectivity index (χ0) is 13.3. The fourth-order valence-corrected chi connectivity index (χ4v) is 2.12. The number of hydrogen-bond donors (Lipinski definition) is 1. The molecule has 0 saturated carbocycles. The van der Waals surface area contributed by atoms with Gasteiger partial charge in [-0.15, -0.1) is 0 Å². The molecule has 0 bridgehead atoms. The van der Waals surface area contributed by atoms with Crippen molar-refractivity contribution in [1.29, 1.82) is 0 Å². The van der Waals surface area contributed by atoms with Crippen molar-refractivity contribution < 1.29 is 17.9 Å². The van der Waals surface area contributed by atoms with E-state index in [0.29, 0.717) is 0 Å². The van der Waals surface area contributed by atoms with Crippen LogP contribution in [0.2, 0.25) is 5.02 Å². The third-order valence-corrected chi connectivity index (χ3v) is 3.51. The van der Waals surface area contributed by atoms with E-state index in [9.17, 15) is 13.2 Å². The van der Waals surface area contributed by atoms with Crippen LogP contribution in [0.25, 0.3) is 0 Å². The molecule has 0 atom stereocenters. The van der Waals surface area contributed by atoms with Crippen LogP contribution in [0.3, 0.4) is 0 Å². The number of rotatable bonds is 2. The van der Waals surface area contributed by atoms with Crippen LogP contribution in [0, 0.1) is 0 Å². The number of hydrogen-bond acceptors (Lipinski definition) is 5. The van der Waals surface area contributed by atoms with Gasteiger partial charge in [0, 0.05) is 6.08 Å². The highest BCUT2D eigenvalue weighted by Gasteiger charge is 2.27. The molecule has 2 rings (SSSR count). The Bertz CT molecular complexity index is 679. The molecule has 1 aromatic carbocycles. The highest BCUT2D eigenvalue weighted by molar-refractivity contribution is 7.94. The average Bonchev–Trinajstić information content (AvgIpc) is 2.57. The topological polar surface area (TPSA) is 98.8 Å². The quantitative estimate of drug-likeness (QED) is 0.641. The molecule has 0 amide bonds. The molecule has 8 heteroatoms. The maximum absolute atomic E-state index is 11.6. The number of sulfonamides is 1. The van der Waals surface area contributed by atoms with Gasteiger partial charge in [0.1, 0.15) is 5.75 Å². The lowest BCUT2D eigenvalue weighted by atomic mass is 10.3. The number of nitrogens with two attached hydrogens (primary N) is 1. The standard InChI is InChI=1S/C10H7ClN2O4S/c11-6-3-1-2-4-8(6)17-10(14)7-5-9(12)18(15,16)13-7/h1-5H,12H2. The van der Waals surface area contributed by atoms with Crippen LogP contribution in [0.4, 0.5) is 0 Å². The maximum atomic E-state index is 11.6. The summed E-state index contributed by atoms with van der Waals surface area (Å²) < 4.78 is 30.4. The predicted molar refractivity (Wildman–Crippen MR) is 65.7 cm³/mol. The Hall–Kier alpha value is -1.86. The molecule has 1 heterocycles. The SMILES string of the molecule is NC1=CC(C(=O)Oc2ccccc2Cl)=NS1(=O)=O. The van der Waals surface area contributed by atoms with Gasteiger partial charge in [0.2, 0.25) is 0 Å². The monoisotopic (exact) mass is 286 g/mol. The fourth-order valence-electron chi connectivity index (χ4n) is 1.19. The number of halogens is 1. The van der Waals surface area contributed by atoms with Crippen LogP contribution < -0.4 is 10.5 Å². The summed E-state index contributed by atoms with van der Waals surface area (Å²) in [6.45, 7) is 0. The first kappa shape index (κ1) is 12.6. The minimum absolute atomic E-state index is 0.114. The van der Waals surface area contributed by atoms with Crippen LogP contribution in [0.15, 0.2) is 39.8 Å². The smallest absolute Gasteiger partial charge is 0.363 e. The van der Waals surface area contributed by atoms with Crippen molar-refractivity contribution >= 4 is 33.3 Å². The Morgan fingerprint density at radius 3 is 2.56 bits per heavy atom. The van der Waals surface area contributed by atoms with E-state index in [2.05, 4.69) is 4.40 Å². The van der Waals surface area contributed by atoms with Gasteiger partial charge in [0.05, 0.1) is 5.02 Å². The summed E-state index contributed by atoms with van der Waals surface area (Å²) >= 11 is 5.78. The summed E-state index contributed by atoms with van der Waals surface area (Å²) in [5, 5.41) is -0.266. The number of benzene rings is 1. The lowest BCUT2D eigenvalue weighted by molar-refractivity contribution is -0.126. The van der Waals surface area contributed by atoms with Gasteiger partial charge in [-0.2, -0.15) is 12.8 Å². The molecule has 1 aliphatic heterocycles. The summed E-state index contributed by atoms with van der Waals surface area (Å²) in [6.07, 6.45) is 0.939. The van der Waals surface area contributed by atoms with Gasteiger partial charge < -0.3 is 10.5 Å². The van der Waals surface area contributed by atoms with Gasteiger partial charge in [0.25, 0.3) is 10.0 Å². The lowest BCUT2D eigenvalue weighted by Crippen LogP contribution is -2.17. The molecule has 0 aliphatic carbocycles. The summed E-state index contributed by atoms with van der Waals surface area (Å²) in [5.41, 5.74) is 4.81. The minimum Gasteiger partial charge on any atom is -0.420 e. The van der Waals surface area contributed by atoms with Crippen LogP contribution in [-0.4, -0.2) is 20.1 Å². The number of carbonyl (C=O) groups excluding carboxylic acids is 1. The van der Waals surface area contributed by atoms with E-state index in [1.807, 2.05) is 0 Å². The fraction of sp³-hybridized carbons (Fsp3) is 0. The molecule has 1 aromatic rings. The van der Waals surface area contributed by atoms with E-state index in [-0.39, 0.29) is 16.5 Å². The average molecular weight is 287 g/mol. The van der Waals surface area contributed by atoms with Crippen molar-refractivity contribution in [3.05, 3.63) is 40.4 Å². The van der Waals surface area contributed by atoms with Crippen LogP contribution in [0.5, 0.6) is 5.75 Å². The maximum Gasteiger partial charge on any atom is 0.363 e. The van der Waals surface area contributed by atoms with E-state index in [4.69, 9.17) is 22.1 Å². The van der Waals surface area contributed by atoms with E-state index < -0.39 is 21.0 Å². The Balaban J connectivity index is 2.24. The van der Waals surface area contributed by atoms with E-state index in [1.165, 1.54) is 12.1 Å². The number of ether oxygens (including phenoxy) is 1. The van der Waals surface area contributed by atoms with Gasteiger partial charge in [-0.05, 0) is 12.1 Å². The van der Waals surface area contributed by atoms with Crippen molar-refractivity contribution in [2.45, 2.75) is 0 Å². The number of para-hydroxylation sites is 1. The third-order valence-electron chi connectivity index (χ3n) is 2.04. The second-order valence-electron chi connectivity index (χ2n) is 3.32. The molecular weight excluding hydrogens is 280 g/mol. The molecule has 2 N–H and O–H groups in total. The normalized spacial score (nSPS) is 16.9. The molecule has 6 nitrogen and oxygen atoms in total. The molecular formula is C10H7ClN2O4S. The van der Waals surface area contributed by atoms with E-state index in [0.717, 1.165) is 6.08 Å². The third kappa shape index (κ3) is 2.36. The number of nitrogens with zero attached hydrogens (tertiary/aromatic N) is 1. The van der Waals surface area contributed by atoms with Crippen LogP contribution in [0.1, 0.15) is 0 Å². The molecule has 1 aliphatic rings. The van der Waals surface area contributed by atoms with Gasteiger partial charge in [-0.3, -0.25) is 0 Å². The molecule has 94 valence electrons. The largest absolute Gasteiger partial charge is 0.420 e. The number of carbonyl (C=O) groups is 1. The summed E-state index contributed by atoms with van der Waals surface area (Å²) in [5.74, 6) is -0.824. The van der Waals surface area contributed by atoms with Gasteiger partial charge >= 0.3 is 5.97 Å². The molecule has 0 fully saturated rings. The van der Waals surface area contributed by atoms with E-state index in [1.54, 1.807) is 12.1 Å². The first-order valence-corrected chi connectivity index (χ1v) is 6.51. The Kier molecular flexibility index (Phi) is 3.10. The molecule has 18 heavy (non-hydrogen) atoms.